The smallest absolute Gasteiger partial charge is 0.188 e. The van der Waals surface area contributed by atoms with Gasteiger partial charge in [0.2, 0.25) is 0 Å². The number of guanidine groups is 1. The van der Waals surface area contributed by atoms with E-state index in [0.29, 0.717) is 17.4 Å². The van der Waals surface area contributed by atoms with Crippen LogP contribution in [0.5, 0.6) is 0 Å². The lowest BCUT2D eigenvalue weighted by atomic mass is 10.1. The molecule has 6 heteroatoms. The number of unbranched alkanes of at least 4 members (excludes halogenated alkanes) is 1. The van der Waals surface area contributed by atoms with Crippen LogP contribution >= 0.6 is 0 Å². The topological polar surface area (TPSA) is 84.5 Å². The van der Waals surface area contributed by atoms with E-state index in [0.717, 1.165) is 30.5 Å². The zero-order valence-corrected chi connectivity index (χ0v) is 13.1. The minimum Gasteiger partial charge on any atom is -0.370 e. The fraction of sp³-hybridized carbons (Fsp3) is 0.500. The summed E-state index contributed by atoms with van der Waals surface area (Å²) in [6.07, 6.45) is 3.37. The third kappa shape index (κ3) is 5.21. The lowest BCUT2D eigenvalue weighted by Gasteiger charge is -2.07. The average Bonchev–Trinajstić information content (AvgIpc) is 2.35. The molecule has 0 spiro atoms. The average molecular weight is 297 g/mol. The number of benzene rings is 1. The van der Waals surface area contributed by atoms with Gasteiger partial charge >= 0.3 is 0 Å². The molecule has 0 aliphatic carbocycles. The van der Waals surface area contributed by atoms with E-state index >= 15 is 0 Å². The quantitative estimate of drug-likeness (QED) is 0.474. The van der Waals surface area contributed by atoms with Crippen molar-refractivity contribution in [3.8, 4) is 0 Å². The van der Waals surface area contributed by atoms with Gasteiger partial charge in [0.05, 0.1) is 11.4 Å². The first-order valence-corrected chi connectivity index (χ1v) is 8.57. The number of sulfone groups is 1. The molecule has 0 saturated carbocycles. The molecule has 0 amide bonds. The molecule has 1 aromatic rings. The second-order valence-electron chi connectivity index (χ2n) is 4.85. The number of rotatable bonds is 6. The monoisotopic (exact) mass is 297 g/mol. The summed E-state index contributed by atoms with van der Waals surface area (Å²) in [4.78, 5) is 4.59. The van der Waals surface area contributed by atoms with Crippen molar-refractivity contribution in [2.45, 2.75) is 38.1 Å². The highest BCUT2D eigenvalue weighted by atomic mass is 32.2. The molecule has 0 radical (unpaired) electrons. The van der Waals surface area contributed by atoms with E-state index in [-0.39, 0.29) is 0 Å². The van der Waals surface area contributed by atoms with Crippen LogP contribution in [0.15, 0.2) is 28.1 Å². The summed E-state index contributed by atoms with van der Waals surface area (Å²) in [5, 5.41) is 3.04. The molecule has 0 aliphatic rings. The van der Waals surface area contributed by atoms with E-state index in [4.69, 9.17) is 5.73 Å². The van der Waals surface area contributed by atoms with Gasteiger partial charge in [-0.15, -0.1) is 0 Å². The number of aliphatic imine (C=N–C) groups is 1. The lowest BCUT2D eigenvalue weighted by Crippen LogP contribution is -2.32. The van der Waals surface area contributed by atoms with Crippen LogP contribution in [0.4, 0.5) is 0 Å². The van der Waals surface area contributed by atoms with Crippen molar-refractivity contribution in [3.05, 3.63) is 29.3 Å². The second-order valence-corrected chi connectivity index (χ2v) is 6.84. The number of hydrogen-bond acceptors (Lipinski definition) is 3. The molecule has 0 aliphatic heterocycles. The summed E-state index contributed by atoms with van der Waals surface area (Å²) in [6, 6.07) is 5.22. The van der Waals surface area contributed by atoms with Crippen LogP contribution in [-0.4, -0.2) is 27.2 Å². The predicted molar refractivity (Wildman–Crippen MR) is 82.5 cm³/mol. The van der Waals surface area contributed by atoms with Gasteiger partial charge in [0.1, 0.15) is 0 Å². The largest absolute Gasteiger partial charge is 0.370 e. The van der Waals surface area contributed by atoms with Gasteiger partial charge in [-0.25, -0.2) is 13.4 Å². The highest BCUT2D eigenvalue weighted by Crippen LogP contribution is 2.17. The maximum absolute atomic E-state index is 11.5. The SMILES string of the molecule is CCCCNC(N)=NCc1ccc(S(C)(=O)=O)c(C)c1. The van der Waals surface area contributed by atoms with E-state index in [2.05, 4.69) is 17.2 Å². The molecule has 1 aromatic carbocycles. The summed E-state index contributed by atoms with van der Waals surface area (Å²) in [5.41, 5.74) is 7.42. The van der Waals surface area contributed by atoms with Crippen LogP contribution in [0.3, 0.4) is 0 Å². The number of aryl methyl sites for hydroxylation is 1. The lowest BCUT2D eigenvalue weighted by molar-refractivity contribution is 0.601. The Balaban J connectivity index is 2.71. The van der Waals surface area contributed by atoms with E-state index in [1.807, 2.05) is 6.07 Å². The number of nitrogens with zero attached hydrogens (tertiary/aromatic N) is 1. The Morgan fingerprint density at radius 3 is 2.65 bits per heavy atom. The molecule has 112 valence electrons. The fourth-order valence-corrected chi connectivity index (χ4v) is 2.81. The summed E-state index contributed by atoms with van der Waals surface area (Å²) in [6.45, 7) is 5.15. The third-order valence-electron chi connectivity index (χ3n) is 2.91. The molecule has 20 heavy (non-hydrogen) atoms. The number of nitrogens with one attached hydrogen (secondary N) is 1. The van der Waals surface area contributed by atoms with Crippen LogP contribution in [-0.2, 0) is 16.4 Å². The highest BCUT2D eigenvalue weighted by molar-refractivity contribution is 7.90. The first-order chi connectivity index (χ1) is 9.34. The molecule has 0 bridgehead atoms. The summed E-state index contributed by atoms with van der Waals surface area (Å²) in [5.74, 6) is 0.420. The van der Waals surface area contributed by atoms with Crippen LogP contribution in [0, 0.1) is 6.92 Å². The molecule has 0 heterocycles. The molecule has 0 aromatic heterocycles. The van der Waals surface area contributed by atoms with Crippen molar-refractivity contribution >= 4 is 15.8 Å². The Bertz CT molecular complexity index is 580. The zero-order valence-electron chi connectivity index (χ0n) is 12.3. The molecular formula is C14H23N3O2S. The molecule has 0 atom stereocenters. The van der Waals surface area contributed by atoms with Gasteiger partial charge in [0.15, 0.2) is 15.8 Å². The molecule has 0 fully saturated rings. The van der Waals surface area contributed by atoms with Gasteiger partial charge in [0, 0.05) is 12.8 Å². The van der Waals surface area contributed by atoms with E-state index in [1.54, 1.807) is 19.1 Å². The van der Waals surface area contributed by atoms with Gasteiger partial charge in [-0.05, 0) is 30.5 Å². The van der Waals surface area contributed by atoms with Crippen molar-refractivity contribution < 1.29 is 8.42 Å². The minimum absolute atomic E-state index is 0.360. The Labute approximate surface area is 121 Å². The van der Waals surface area contributed by atoms with Crippen LogP contribution in [0.1, 0.15) is 30.9 Å². The molecule has 5 nitrogen and oxygen atoms in total. The molecule has 0 unspecified atom stereocenters. The van der Waals surface area contributed by atoms with Crippen LogP contribution < -0.4 is 11.1 Å². The number of hydrogen-bond donors (Lipinski definition) is 2. The minimum atomic E-state index is -3.17. The second kappa shape index (κ2) is 7.28. The van der Waals surface area contributed by atoms with Crippen LogP contribution in [0.25, 0.3) is 0 Å². The van der Waals surface area contributed by atoms with Crippen molar-refractivity contribution in [1.29, 1.82) is 0 Å². The maximum Gasteiger partial charge on any atom is 0.188 e. The van der Waals surface area contributed by atoms with E-state index in [1.165, 1.54) is 6.26 Å². The van der Waals surface area contributed by atoms with Gasteiger partial charge in [-0.2, -0.15) is 0 Å². The van der Waals surface area contributed by atoms with Crippen molar-refractivity contribution in [3.63, 3.8) is 0 Å². The Kier molecular flexibility index (Phi) is 6.01. The molecule has 0 saturated heterocycles. The summed E-state index contributed by atoms with van der Waals surface area (Å²) < 4.78 is 23.0. The van der Waals surface area contributed by atoms with E-state index < -0.39 is 9.84 Å². The maximum atomic E-state index is 11.5. The highest BCUT2D eigenvalue weighted by Gasteiger charge is 2.10. The zero-order chi connectivity index (χ0) is 15.2. The van der Waals surface area contributed by atoms with Crippen molar-refractivity contribution in [2.24, 2.45) is 10.7 Å². The number of nitrogens with two attached hydrogens (primary N) is 1. The molecular weight excluding hydrogens is 274 g/mol. The Morgan fingerprint density at radius 1 is 1.40 bits per heavy atom. The first kappa shape index (κ1) is 16.5. The fourth-order valence-electron chi connectivity index (χ4n) is 1.85. The van der Waals surface area contributed by atoms with Crippen molar-refractivity contribution in [2.75, 3.05) is 12.8 Å². The van der Waals surface area contributed by atoms with Gasteiger partial charge in [0.25, 0.3) is 0 Å². The first-order valence-electron chi connectivity index (χ1n) is 6.68. The molecule has 1 rings (SSSR count). The summed E-state index contributed by atoms with van der Waals surface area (Å²) in [7, 11) is -3.17. The predicted octanol–water partition coefficient (Wildman–Crippen LogP) is 1.60. The van der Waals surface area contributed by atoms with Crippen molar-refractivity contribution in [1.82, 2.24) is 5.32 Å². The third-order valence-corrected chi connectivity index (χ3v) is 4.16. The molecule has 3 N–H and O–H groups in total. The van der Waals surface area contributed by atoms with Crippen LogP contribution in [0.2, 0.25) is 0 Å². The summed E-state index contributed by atoms with van der Waals surface area (Å²) >= 11 is 0. The Morgan fingerprint density at radius 2 is 2.10 bits per heavy atom. The van der Waals surface area contributed by atoms with Gasteiger partial charge in [-0.3, -0.25) is 0 Å². The normalized spacial score (nSPS) is 12.4. The van der Waals surface area contributed by atoms with Gasteiger partial charge in [-0.1, -0.05) is 25.5 Å². The standard InChI is InChI=1S/C14H23N3O2S/c1-4-5-8-16-14(15)17-10-12-6-7-13(11(2)9-12)20(3,18)19/h6-7,9H,4-5,8,10H2,1-3H3,(H3,15,16,17). The van der Waals surface area contributed by atoms with Gasteiger partial charge < -0.3 is 11.1 Å². The Hall–Kier alpha value is -1.56. The van der Waals surface area contributed by atoms with E-state index in [9.17, 15) is 8.42 Å².